The number of carbonyl (C=O) groups excluding carboxylic acids is 1. The number of esters is 1. The summed E-state index contributed by atoms with van der Waals surface area (Å²) in [6.45, 7) is 1.70. The van der Waals surface area contributed by atoms with E-state index in [1.807, 2.05) is 0 Å². The Morgan fingerprint density at radius 2 is 2.00 bits per heavy atom. The van der Waals surface area contributed by atoms with E-state index in [1.54, 1.807) is 43.5 Å². The second-order valence-electron chi connectivity index (χ2n) is 4.71. The molecule has 0 aliphatic rings. The summed E-state index contributed by atoms with van der Waals surface area (Å²) in [4.78, 5) is 23.3. The highest BCUT2D eigenvalue weighted by Crippen LogP contribution is 2.30. The van der Waals surface area contributed by atoms with Crippen molar-refractivity contribution in [3.05, 3.63) is 68.7 Å². The van der Waals surface area contributed by atoms with Crippen molar-refractivity contribution in [1.29, 1.82) is 0 Å². The van der Waals surface area contributed by atoms with E-state index in [1.165, 1.54) is 23.9 Å². The molecule has 0 unspecified atom stereocenters. The molecule has 2 rings (SSSR count). The fourth-order valence-electron chi connectivity index (χ4n) is 2.06. The summed E-state index contributed by atoms with van der Waals surface area (Å²) >= 11 is 7.32. The van der Waals surface area contributed by atoms with E-state index >= 15 is 0 Å². The third-order valence-electron chi connectivity index (χ3n) is 3.24. The molecular formula is C16H14ClNO4S. The molecule has 1 atom stereocenters. The van der Waals surface area contributed by atoms with Crippen molar-refractivity contribution in [1.82, 2.24) is 0 Å². The van der Waals surface area contributed by atoms with Crippen molar-refractivity contribution in [2.75, 3.05) is 6.26 Å². The van der Waals surface area contributed by atoms with Crippen LogP contribution >= 0.6 is 23.4 Å². The van der Waals surface area contributed by atoms with Gasteiger partial charge in [0.05, 0.1) is 15.4 Å². The molecule has 0 saturated carbocycles. The number of ether oxygens (including phenoxy) is 1. The molecule has 23 heavy (non-hydrogen) atoms. The van der Waals surface area contributed by atoms with Crippen LogP contribution in [0, 0.1) is 10.1 Å². The van der Waals surface area contributed by atoms with Crippen molar-refractivity contribution in [3.63, 3.8) is 0 Å². The van der Waals surface area contributed by atoms with E-state index in [0.717, 1.165) is 0 Å². The van der Waals surface area contributed by atoms with Gasteiger partial charge in [0.25, 0.3) is 5.69 Å². The van der Waals surface area contributed by atoms with Crippen LogP contribution in [0.5, 0.6) is 0 Å². The highest BCUT2D eigenvalue weighted by molar-refractivity contribution is 7.98. The first-order valence-electron chi connectivity index (χ1n) is 6.72. The summed E-state index contributed by atoms with van der Waals surface area (Å²) < 4.78 is 5.36. The minimum absolute atomic E-state index is 0.114. The zero-order valence-electron chi connectivity index (χ0n) is 12.5. The maximum absolute atomic E-state index is 12.2. The Kier molecular flexibility index (Phi) is 5.63. The highest BCUT2D eigenvalue weighted by Gasteiger charge is 2.20. The van der Waals surface area contributed by atoms with Crippen LogP contribution < -0.4 is 0 Å². The number of hydrogen-bond acceptors (Lipinski definition) is 5. The van der Waals surface area contributed by atoms with Gasteiger partial charge in [0, 0.05) is 16.7 Å². The molecule has 0 N–H and O–H groups in total. The Hall–Kier alpha value is -2.05. The van der Waals surface area contributed by atoms with Crippen molar-refractivity contribution < 1.29 is 14.5 Å². The molecule has 120 valence electrons. The Bertz CT molecular complexity index is 751. The van der Waals surface area contributed by atoms with Gasteiger partial charge in [0.15, 0.2) is 0 Å². The fourth-order valence-corrected chi connectivity index (χ4v) is 2.89. The van der Waals surface area contributed by atoms with Crippen LogP contribution in [0.2, 0.25) is 5.02 Å². The van der Waals surface area contributed by atoms with Gasteiger partial charge in [-0.05, 0) is 31.4 Å². The van der Waals surface area contributed by atoms with Crippen molar-refractivity contribution >= 4 is 35.0 Å². The number of hydrogen-bond donors (Lipinski definition) is 0. The molecule has 0 spiro atoms. The SMILES string of the molecule is CSc1ccc(C(=O)O[C@H](C)c2ccccc2Cl)cc1[N+](=O)[O-]. The number of benzene rings is 2. The number of rotatable bonds is 5. The molecule has 7 heteroatoms. The van der Waals surface area contributed by atoms with E-state index in [4.69, 9.17) is 16.3 Å². The molecule has 5 nitrogen and oxygen atoms in total. The van der Waals surface area contributed by atoms with Gasteiger partial charge in [0.2, 0.25) is 0 Å². The van der Waals surface area contributed by atoms with E-state index < -0.39 is 17.0 Å². The predicted octanol–water partition coefficient (Wildman–Crippen LogP) is 4.89. The lowest BCUT2D eigenvalue weighted by atomic mass is 10.1. The molecule has 2 aromatic carbocycles. The Balaban J connectivity index is 2.22. The van der Waals surface area contributed by atoms with Gasteiger partial charge < -0.3 is 4.74 Å². The maximum atomic E-state index is 12.2. The number of thioether (sulfide) groups is 1. The Morgan fingerprint density at radius 3 is 2.61 bits per heavy atom. The van der Waals surface area contributed by atoms with Gasteiger partial charge in [0.1, 0.15) is 6.10 Å². The molecule has 0 fully saturated rings. The van der Waals surface area contributed by atoms with Gasteiger partial charge in [-0.25, -0.2) is 4.79 Å². The van der Waals surface area contributed by atoms with Crippen LogP contribution in [0.1, 0.15) is 28.9 Å². The van der Waals surface area contributed by atoms with Crippen LogP contribution in [0.3, 0.4) is 0 Å². The molecule has 0 amide bonds. The van der Waals surface area contributed by atoms with Gasteiger partial charge in [-0.15, -0.1) is 11.8 Å². The van der Waals surface area contributed by atoms with Crippen LogP contribution in [0.25, 0.3) is 0 Å². The van der Waals surface area contributed by atoms with Crippen molar-refractivity contribution in [2.24, 2.45) is 0 Å². The first kappa shape index (κ1) is 17.3. The molecule has 0 aliphatic carbocycles. The summed E-state index contributed by atoms with van der Waals surface area (Å²) in [6, 6.07) is 11.3. The standard InChI is InChI=1S/C16H14ClNO4S/c1-10(12-5-3-4-6-13(12)17)22-16(19)11-7-8-15(23-2)14(9-11)18(20)21/h3-10H,1-2H3/t10-/m1/s1. The molecule has 0 saturated heterocycles. The first-order valence-corrected chi connectivity index (χ1v) is 8.32. The molecule has 0 radical (unpaired) electrons. The summed E-state index contributed by atoms with van der Waals surface area (Å²) in [6.07, 6.45) is 1.18. The highest BCUT2D eigenvalue weighted by atomic mass is 35.5. The average molecular weight is 352 g/mol. The lowest BCUT2D eigenvalue weighted by Gasteiger charge is -2.15. The lowest BCUT2D eigenvalue weighted by molar-refractivity contribution is -0.387. The third-order valence-corrected chi connectivity index (χ3v) is 4.37. The van der Waals surface area contributed by atoms with Crippen molar-refractivity contribution in [2.45, 2.75) is 17.9 Å². The van der Waals surface area contributed by atoms with E-state index in [-0.39, 0.29) is 11.3 Å². The smallest absolute Gasteiger partial charge is 0.338 e. The molecule has 0 aromatic heterocycles. The third kappa shape index (κ3) is 4.03. The van der Waals surface area contributed by atoms with Crippen LogP contribution in [0.15, 0.2) is 47.4 Å². The minimum atomic E-state index is -0.631. The first-order chi connectivity index (χ1) is 10.9. The Labute approximate surface area is 142 Å². The number of nitrogens with zero attached hydrogens (tertiary/aromatic N) is 1. The van der Waals surface area contributed by atoms with Crippen LogP contribution in [0.4, 0.5) is 5.69 Å². The zero-order chi connectivity index (χ0) is 17.0. The molecule has 2 aromatic rings. The van der Waals surface area contributed by atoms with Gasteiger partial charge >= 0.3 is 5.97 Å². The second kappa shape index (κ2) is 7.48. The molecular weight excluding hydrogens is 338 g/mol. The molecule has 0 heterocycles. The van der Waals surface area contributed by atoms with Crippen LogP contribution in [-0.4, -0.2) is 17.1 Å². The summed E-state index contributed by atoms with van der Waals surface area (Å²) in [5.74, 6) is -0.631. The summed E-state index contributed by atoms with van der Waals surface area (Å²) in [5, 5.41) is 11.6. The van der Waals surface area contributed by atoms with E-state index in [9.17, 15) is 14.9 Å². The maximum Gasteiger partial charge on any atom is 0.338 e. The summed E-state index contributed by atoms with van der Waals surface area (Å²) in [7, 11) is 0. The summed E-state index contributed by atoms with van der Waals surface area (Å²) in [5.41, 5.74) is 0.698. The van der Waals surface area contributed by atoms with Gasteiger partial charge in [-0.3, -0.25) is 10.1 Å². The number of nitro benzene ring substituents is 1. The normalized spacial score (nSPS) is 11.8. The predicted molar refractivity (Wildman–Crippen MR) is 90.2 cm³/mol. The Morgan fingerprint density at radius 1 is 1.30 bits per heavy atom. The number of carbonyl (C=O) groups is 1. The second-order valence-corrected chi connectivity index (χ2v) is 5.97. The van der Waals surface area contributed by atoms with Gasteiger partial charge in [-0.1, -0.05) is 29.8 Å². The van der Waals surface area contributed by atoms with Gasteiger partial charge in [-0.2, -0.15) is 0 Å². The average Bonchev–Trinajstić information content (AvgIpc) is 2.54. The van der Waals surface area contributed by atoms with Crippen molar-refractivity contribution in [3.8, 4) is 0 Å². The molecule has 0 aliphatic heterocycles. The minimum Gasteiger partial charge on any atom is -0.454 e. The molecule has 0 bridgehead atoms. The zero-order valence-corrected chi connectivity index (χ0v) is 14.1. The quantitative estimate of drug-likeness (QED) is 0.332. The van der Waals surface area contributed by atoms with E-state index in [2.05, 4.69) is 0 Å². The fraction of sp³-hybridized carbons (Fsp3) is 0.188. The monoisotopic (exact) mass is 351 g/mol. The lowest BCUT2D eigenvalue weighted by Crippen LogP contribution is -2.10. The van der Waals surface area contributed by atoms with E-state index in [0.29, 0.717) is 15.5 Å². The largest absolute Gasteiger partial charge is 0.454 e. The van der Waals surface area contributed by atoms with Crippen LogP contribution in [-0.2, 0) is 4.74 Å². The number of nitro groups is 1. The number of halogens is 1. The topological polar surface area (TPSA) is 69.4 Å².